The molecule has 3 fully saturated rings. The average molecular weight is 361 g/mol. The van der Waals surface area contributed by atoms with Crippen molar-refractivity contribution < 1.29 is 9.59 Å². The molecule has 2 saturated carbocycles. The number of carbonyl (C=O) groups excluding carboxylic acids is 2. The van der Waals surface area contributed by atoms with Crippen LogP contribution in [0.15, 0.2) is 18.2 Å². The van der Waals surface area contributed by atoms with Gasteiger partial charge >= 0.3 is 0 Å². The smallest absolute Gasteiger partial charge is 0.255 e. The highest BCUT2D eigenvalue weighted by atomic mass is 35.5. The number of fused-ring (bicyclic) bond motifs is 2. The first kappa shape index (κ1) is 16.9. The summed E-state index contributed by atoms with van der Waals surface area (Å²) in [5.74, 6) is 1.39. The molecular formula is C20H25ClN2O2. The van der Waals surface area contributed by atoms with Crippen LogP contribution in [0.2, 0.25) is 5.02 Å². The number of nitrogens with zero attached hydrogens (tertiary/aromatic N) is 1. The number of benzene rings is 1. The van der Waals surface area contributed by atoms with Crippen LogP contribution in [0.4, 0.5) is 5.69 Å². The lowest BCUT2D eigenvalue weighted by Crippen LogP contribution is -2.36. The molecule has 3 aliphatic rings. The first-order valence-electron chi connectivity index (χ1n) is 9.51. The molecule has 25 heavy (non-hydrogen) atoms. The quantitative estimate of drug-likeness (QED) is 0.871. The molecule has 0 aromatic heterocycles. The van der Waals surface area contributed by atoms with Crippen LogP contribution in [0.5, 0.6) is 0 Å². The number of halogens is 1. The van der Waals surface area contributed by atoms with Gasteiger partial charge in [-0.05, 0) is 68.6 Å². The summed E-state index contributed by atoms with van der Waals surface area (Å²) in [5, 5.41) is 3.57. The SMILES string of the molecule is O=C(Nc1cc(Cl)ccc1C(=O)N1CCCCC1)[C@@H]1C[C@H]2CC[C@H]1C2. The highest BCUT2D eigenvalue weighted by Crippen LogP contribution is 2.48. The summed E-state index contributed by atoms with van der Waals surface area (Å²) in [6.07, 6.45) is 7.89. The maximum Gasteiger partial charge on any atom is 0.255 e. The lowest BCUT2D eigenvalue weighted by atomic mass is 9.88. The van der Waals surface area contributed by atoms with Gasteiger partial charge in [-0.3, -0.25) is 9.59 Å². The zero-order valence-electron chi connectivity index (χ0n) is 14.5. The average Bonchev–Trinajstić information content (AvgIpc) is 3.25. The number of rotatable bonds is 3. The van der Waals surface area contributed by atoms with Crippen molar-refractivity contribution in [2.75, 3.05) is 18.4 Å². The zero-order chi connectivity index (χ0) is 17.4. The van der Waals surface area contributed by atoms with E-state index in [9.17, 15) is 9.59 Å². The van der Waals surface area contributed by atoms with E-state index in [0.29, 0.717) is 22.2 Å². The third-order valence-electron chi connectivity index (χ3n) is 6.19. The van der Waals surface area contributed by atoms with E-state index < -0.39 is 0 Å². The Kier molecular flexibility index (Phi) is 4.72. The van der Waals surface area contributed by atoms with Gasteiger partial charge in [0.2, 0.25) is 5.91 Å². The van der Waals surface area contributed by atoms with Crippen molar-refractivity contribution in [2.24, 2.45) is 17.8 Å². The molecule has 4 rings (SSSR count). The number of carbonyl (C=O) groups is 2. The van der Waals surface area contributed by atoms with Crippen molar-refractivity contribution in [1.29, 1.82) is 0 Å². The molecule has 0 unspecified atom stereocenters. The summed E-state index contributed by atoms with van der Waals surface area (Å²) in [5.41, 5.74) is 1.12. The second-order valence-electron chi connectivity index (χ2n) is 7.81. The van der Waals surface area contributed by atoms with Gasteiger partial charge in [0.1, 0.15) is 0 Å². The van der Waals surface area contributed by atoms with Gasteiger partial charge < -0.3 is 10.2 Å². The third-order valence-corrected chi connectivity index (χ3v) is 6.42. The van der Waals surface area contributed by atoms with Crippen LogP contribution < -0.4 is 5.32 Å². The number of amides is 2. The maximum absolute atomic E-state index is 12.9. The number of nitrogens with one attached hydrogen (secondary N) is 1. The Bertz CT molecular complexity index is 684. The Balaban J connectivity index is 1.53. The van der Waals surface area contributed by atoms with Gasteiger partial charge in [-0.25, -0.2) is 0 Å². The number of hydrogen-bond donors (Lipinski definition) is 1. The predicted octanol–water partition coefficient (Wildman–Crippen LogP) is 4.34. The van der Waals surface area contributed by atoms with Crippen molar-refractivity contribution in [1.82, 2.24) is 4.90 Å². The van der Waals surface area contributed by atoms with Crippen molar-refractivity contribution >= 4 is 29.1 Å². The zero-order valence-corrected chi connectivity index (χ0v) is 15.2. The molecule has 1 N–H and O–H groups in total. The first-order valence-corrected chi connectivity index (χ1v) is 9.89. The molecule has 2 amide bonds. The van der Waals surface area contributed by atoms with Crippen LogP contribution >= 0.6 is 11.6 Å². The van der Waals surface area contributed by atoms with E-state index in [-0.39, 0.29) is 17.7 Å². The van der Waals surface area contributed by atoms with E-state index in [0.717, 1.165) is 44.7 Å². The predicted molar refractivity (Wildman–Crippen MR) is 98.8 cm³/mol. The number of hydrogen-bond acceptors (Lipinski definition) is 2. The summed E-state index contributed by atoms with van der Waals surface area (Å²) >= 11 is 6.14. The van der Waals surface area contributed by atoms with Gasteiger partial charge in [-0.15, -0.1) is 0 Å². The fourth-order valence-electron chi connectivity index (χ4n) is 4.86. The van der Waals surface area contributed by atoms with Crippen LogP contribution in [0.3, 0.4) is 0 Å². The van der Waals surface area contributed by atoms with E-state index >= 15 is 0 Å². The Labute approximate surface area is 153 Å². The molecule has 3 atom stereocenters. The Morgan fingerprint density at radius 1 is 1.08 bits per heavy atom. The lowest BCUT2D eigenvalue weighted by Gasteiger charge is -2.28. The van der Waals surface area contributed by atoms with E-state index in [4.69, 9.17) is 11.6 Å². The van der Waals surface area contributed by atoms with Crippen LogP contribution in [-0.4, -0.2) is 29.8 Å². The Morgan fingerprint density at radius 2 is 1.88 bits per heavy atom. The fraction of sp³-hybridized carbons (Fsp3) is 0.600. The molecule has 0 radical (unpaired) electrons. The minimum Gasteiger partial charge on any atom is -0.339 e. The number of piperidine rings is 1. The largest absolute Gasteiger partial charge is 0.339 e. The molecule has 1 aromatic carbocycles. The normalized spacial score (nSPS) is 28.2. The van der Waals surface area contributed by atoms with Gasteiger partial charge in [0, 0.05) is 24.0 Å². The molecule has 4 nitrogen and oxygen atoms in total. The van der Waals surface area contributed by atoms with Crippen molar-refractivity contribution in [2.45, 2.75) is 44.9 Å². The van der Waals surface area contributed by atoms with Gasteiger partial charge in [0.15, 0.2) is 0 Å². The minimum absolute atomic E-state index is 0.000362. The second-order valence-corrected chi connectivity index (χ2v) is 8.25. The van der Waals surface area contributed by atoms with Crippen LogP contribution in [0.1, 0.15) is 55.3 Å². The van der Waals surface area contributed by atoms with Gasteiger partial charge in [-0.2, -0.15) is 0 Å². The lowest BCUT2D eigenvalue weighted by molar-refractivity contribution is -0.121. The molecule has 134 valence electrons. The van der Waals surface area contributed by atoms with E-state index in [1.807, 2.05) is 4.90 Å². The fourth-order valence-corrected chi connectivity index (χ4v) is 5.04. The molecule has 2 bridgehead atoms. The first-order chi connectivity index (χ1) is 12.1. The Morgan fingerprint density at radius 3 is 2.56 bits per heavy atom. The maximum atomic E-state index is 12.9. The van der Waals surface area contributed by atoms with Crippen LogP contribution in [0.25, 0.3) is 0 Å². The van der Waals surface area contributed by atoms with Crippen LogP contribution in [0, 0.1) is 17.8 Å². The van der Waals surface area contributed by atoms with Crippen molar-refractivity contribution in [3.05, 3.63) is 28.8 Å². The highest BCUT2D eigenvalue weighted by molar-refractivity contribution is 6.31. The van der Waals surface area contributed by atoms with E-state index in [2.05, 4.69) is 5.32 Å². The topological polar surface area (TPSA) is 49.4 Å². The van der Waals surface area contributed by atoms with Gasteiger partial charge in [-0.1, -0.05) is 18.0 Å². The molecule has 1 aromatic rings. The van der Waals surface area contributed by atoms with Crippen molar-refractivity contribution in [3.8, 4) is 0 Å². The van der Waals surface area contributed by atoms with Gasteiger partial charge in [0.05, 0.1) is 11.3 Å². The molecule has 5 heteroatoms. The second kappa shape index (κ2) is 6.99. The summed E-state index contributed by atoms with van der Waals surface area (Å²) in [6.45, 7) is 1.59. The summed E-state index contributed by atoms with van der Waals surface area (Å²) in [4.78, 5) is 27.6. The number of likely N-dealkylation sites (tertiary alicyclic amines) is 1. The monoisotopic (exact) mass is 360 g/mol. The van der Waals surface area contributed by atoms with E-state index in [1.54, 1.807) is 18.2 Å². The molecule has 1 saturated heterocycles. The minimum atomic E-state index is -0.000362. The third kappa shape index (κ3) is 3.41. The van der Waals surface area contributed by atoms with Crippen molar-refractivity contribution in [3.63, 3.8) is 0 Å². The summed E-state index contributed by atoms with van der Waals surface area (Å²) < 4.78 is 0. The highest BCUT2D eigenvalue weighted by Gasteiger charge is 2.43. The molecular weight excluding hydrogens is 336 g/mol. The standard InChI is InChI=1S/C20H25ClN2O2/c21-15-6-7-16(20(25)23-8-2-1-3-9-23)18(12-15)22-19(24)17-11-13-4-5-14(17)10-13/h6-7,12-14,17H,1-5,8-11H2,(H,22,24)/t13-,14-,17+/m0/s1. The summed E-state index contributed by atoms with van der Waals surface area (Å²) in [7, 11) is 0. The molecule has 0 spiro atoms. The van der Waals surface area contributed by atoms with E-state index in [1.165, 1.54) is 19.3 Å². The molecule has 1 heterocycles. The molecule has 1 aliphatic heterocycles. The van der Waals surface area contributed by atoms with Crippen LogP contribution in [-0.2, 0) is 4.79 Å². The molecule has 2 aliphatic carbocycles. The number of anilines is 1. The van der Waals surface area contributed by atoms with Gasteiger partial charge in [0.25, 0.3) is 5.91 Å². The Hall–Kier alpha value is -1.55. The summed E-state index contributed by atoms with van der Waals surface area (Å²) in [6, 6.07) is 5.19.